The maximum absolute atomic E-state index is 12.0. The Morgan fingerprint density at radius 2 is 2.06 bits per heavy atom. The van der Waals surface area contributed by atoms with E-state index < -0.39 is 0 Å². The lowest BCUT2D eigenvalue weighted by molar-refractivity contribution is -0.120. The molecule has 1 aliphatic rings. The van der Waals surface area contributed by atoms with Crippen LogP contribution in [0.25, 0.3) is 0 Å². The number of hydrogen-bond acceptors (Lipinski definition) is 3. The number of anilines is 1. The fourth-order valence-corrected chi connectivity index (χ4v) is 3.70. The number of thiazole rings is 1. The molecule has 0 bridgehead atoms. The van der Waals surface area contributed by atoms with E-state index in [0.717, 1.165) is 17.0 Å². The monoisotopic (exact) mass is 366 g/mol. The molecule has 1 atom stereocenters. The molecule has 0 unspecified atom stereocenters. The van der Waals surface area contributed by atoms with Crippen LogP contribution in [0.5, 0.6) is 0 Å². The zero-order valence-electron chi connectivity index (χ0n) is 9.23. The molecule has 16 heavy (non-hydrogen) atoms. The third-order valence-electron chi connectivity index (χ3n) is 3.01. The number of rotatable bonds is 2. The average Bonchev–Trinajstić information content (AvgIpc) is 2.49. The topological polar surface area (TPSA) is 42.0 Å². The first-order chi connectivity index (χ1) is 7.26. The number of aromatic nitrogens is 1. The molecular formula is C10H12Br2N2OS. The molecule has 0 spiro atoms. The number of nitrogens with zero attached hydrogens (tertiary/aromatic N) is 1. The third-order valence-corrected chi connectivity index (χ3v) is 6.31. The molecule has 2 rings (SSSR count). The van der Waals surface area contributed by atoms with Crippen molar-refractivity contribution in [3.63, 3.8) is 0 Å². The number of carbonyl (C=O) groups is 1. The lowest BCUT2D eigenvalue weighted by Gasteiger charge is -2.10. The van der Waals surface area contributed by atoms with E-state index in [9.17, 15) is 4.79 Å². The molecule has 1 fully saturated rings. The highest BCUT2D eigenvalue weighted by Gasteiger charge is 2.66. The molecule has 1 aliphatic carbocycles. The van der Waals surface area contributed by atoms with E-state index in [1.165, 1.54) is 11.3 Å². The Morgan fingerprint density at radius 3 is 2.44 bits per heavy atom. The summed E-state index contributed by atoms with van der Waals surface area (Å²) in [7, 11) is 0. The van der Waals surface area contributed by atoms with Crippen molar-refractivity contribution in [3.8, 4) is 0 Å². The summed E-state index contributed by atoms with van der Waals surface area (Å²) in [6, 6.07) is 0. The summed E-state index contributed by atoms with van der Waals surface area (Å²) < 4.78 is -0.252. The molecule has 0 aliphatic heterocycles. The molecular weight excluding hydrogens is 356 g/mol. The van der Waals surface area contributed by atoms with Crippen LogP contribution < -0.4 is 5.32 Å². The van der Waals surface area contributed by atoms with Crippen molar-refractivity contribution in [2.24, 2.45) is 5.41 Å². The van der Waals surface area contributed by atoms with Gasteiger partial charge < -0.3 is 5.32 Å². The van der Waals surface area contributed by atoms with E-state index in [1.807, 2.05) is 20.8 Å². The van der Waals surface area contributed by atoms with Gasteiger partial charge in [0.2, 0.25) is 5.91 Å². The van der Waals surface area contributed by atoms with Gasteiger partial charge in [-0.25, -0.2) is 4.98 Å². The largest absolute Gasteiger partial charge is 0.301 e. The number of carbonyl (C=O) groups excluding carboxylic acids is 1. The van der Waals surface area contributed by atoms with Crippen LogP contribution in [-0.2, 0) is 4.79 Å². The van der Waals surface area contributed by atoms with E-state index >= 15 is 0 Å². The Morgan fingerprint density at radius 1 is 1.50 bits per heavy atom. The summed E-state index contributed by atoms with van der Waals surface area (Å²) >= 11 is 8.48. The van der Waals surface area contributed by atoms with Crippen LogP contribution >= 0.6 is 43.2 Å². The summed E-state index contributed by atoms with van der Waals surface area (Å²) in [6.45, 7) is 5.87. The molecule has 1 saturated carbocycles. The van der Waals surface area contributed by atoms with Crippen molar-refractivity contribution in [2.75, 3.05) is 5.32 Å². The van der Waals surface area contributed by atoms with Crippen molar-refractivity contribution in [3.05, 3.63) is 10.6 Å². The van der Waals surface area contributed by atoms with Gasteiger partial charge in [0, 0.05) is 4.88 Å². The maximum Gasteiger partial charge on any atom is 0.234 e. The quantitative estimate of drug-likeness (QED) is 0.811. The number of alkyl halides is 2. The third kappa shape index (κ3) is 1.95. The van der Waals surface area contributed by atoms with Crippen LogP contribution in [-0.4, -0.2) is 14.1 Å². The van der Waals surface area contributed by atoms with Gasteiger partial charge in [0.05, 0.1) is 14.3 Å². The second-order valence-corrected chi connectivity index (χ2v) is 9.30. The van der Waals surface area contributed by atoms with Crippen molar-refractivity contribution in [1.29, 1.82) is 0 Å². The van der Waals surface area contributed by atoms with Gasteiger partial charge in [0.15, 0.2) is 5.13 Å². The second-order valence-electron chi connectivity index (χ2n) is 4.33. The Kier molecular flexibility index (Phi) is 2.96. The summed E-state index contributed by atoms with van der Waals surface area (Å²) in [5, 5.41) is 3.55. The van der Waals surface area contributed by atoms with E-state index in [-0.39, 0.29) is 14.6 Å². The molecule has 0 saturated heterocycles. The van der Waals surface area contributed by atoms with Crippen LogP contribution in [0.3, 0.4) is 0 Å². The van der Waals surface area contributed by atoms with E-state index in [1.54, 1.807) is 0 Å². The van der Waals surface area contributed by atoms with Crippen molar-refractivity contribution >= 4 is 54.2 Å². The highest BCUT2D eigenvalue weighted by atomic mass is 79.9. The van der Waals surface area contributed by atoms with Crippen LogP contribution in [0.15, 0.2) is 0 Å². The molecule has 1 aromatic rings. The first-order valence-electron chi connectivity index (χ1n) is 4.89. The highest BCUT2D eigenvalue weighted by molar-refractivity contribution is 9.25. The van der Waals surface area contributed by atoms with Crippen molar-refractivity contribution < 1.29 is 4.79 Å². The number of hydrogen-bond donors (Lipinski definition) is 1. The summed E-state index contributed by atoms with van der Waals surface area (Å²) in [5.74, 6) is 0.00926. The predicted octanol–water partition coefficient (Wildman–Crippen LogP) is 3.59. The summed E-state index contributed by atoms with van der Waals surface area (Å²) in [6.07, 6.45) is 0.787. The minimum absolute atomic E-state index is 0.00926. The molecule has 3 nitrogen and oxygen atoms in total. The fraction of sp³-hybridized carbons (Fsp3) is 0.600. The Hall–Kier alpha value is 0.0600. The second kappa shape index (κ2) is 3.78. The zero-order valence-corrected chi connectivity index (χ0v) is 13.2. The van der Waals surface area contributed by atoms with Crippen molar-refractivity contribution in [2.45, 2.75) is 30.4 Å². The number of nitrogens with one attached hydrogen (secondary N) is 1. The van der Waals surface area contributed by atoms with Gasteiger partial charge in [0.25, 0.3) is 0 Å². The summed E-state index contributed by atoms with van der Waals surface area (Å²) in [4.78, 5) is 17.5. The maximum atomic E-state index is 12.0. The molecule has 88 valence electrons. The Bertz CT molecular complexity index is 438. The lowest BCUT2D eigenvalue weighted by atomic mass is 10.1. The molecule has 0 radical (unpaired) electrons. The molecule has 0 aromatic carbocycles. The minimum atomic E-state index is -0.388. The zero-order chi connectivity index (χ0) is 12.1. The van der Waals surface area contributed by atoms with Crippen LogP contribution in [0.2, 0.25) is 0 Å². The average molecular weight is 368 g/mol. The molecule has 1 heterocycles. The van der Waals surface area contributed by atoms with E-state index in [4.69, 9.17) is 0 Å². The normalized spacial score (nSPS) is 26.6. The predicted molar refractivity (Wildman–Crippen MR) is 73.5 cm³/mol. The van der Waals surface area contributed by atoms with Gasteiger partial charge in [-0.15, -0.1) is 11.3 Å². The van der Waals surface area contributed by atoms with Gasteiger partial charge in [-0.2, -0.15) is 0 Å². The standard InChI is InChI=1S/C10H12Br2N2OS/c1-5-6(2)16-8(13-5)14-7(15)9(3)4-10(9,11)12/h4H2,1-3H3,(H,13,14,15)/t9-/m1/s1. The number of aryl methyl sites for hydroxylation is 2. The fourth-order valence-electron chi connectivity index (χ4n) is 1.41. The number of amides is 1. The lowest BCUT2D eigenvalue weighted by Crippen LogP contribution is -2.25. The molecule has 6 heteroatoms. The molecule has 1 aromatic heterocycles. The Labute approximate surface area is 115 Å². The van der Waals surface area contributed by atoms with Gasteiger partial charge >= 0.3 is 0 Å². The van der Waals surface area contributed by atoms with Crippen molar-refractivity contribution in [1.82, 2.24) is 4.98 Å². The van der Waals surface area contributed by atoms with Gasteiger partial charge in [-0.1, -0.05) is 31.9 Å². The first kappa shape index (κ1) is 12.5. The first-order valence-corrected chi connectivity index (χ1v) is 7.30. The molecule has 1 N–H and O–H groups in total. The van der Waals surface area contributed by atoms with Crippen LogP contribution in [0.1, 0.15) is 23.9 Å². The van der Waals surface area contributed by atoms with Crippen LogP contribution in [0.4, 0.5) is 5.13 Å². The summed E-state index contributed by atoms with van der Waals surface area (Å²) in [5.41, 5.74) is 0.589. The van der Waals surface area contributed by atoms with Gasteiger partial charge in [-0.05, 0) is 27.2 Å². The van der Waals surface area contributed by atoms with E-state index in [0.29, 0.717) is 5.13 Å². The van der Waals surface area contributed by atoms with Crippen LogP contribution in [0, 0.1) is 19.3 Å². The molecule has 1 amide bonds. The minimum Gasteiger partial charge on any atom is -0.301 e. The van der Waals surface area contributed by atoms with Gasteiger partial charge in [-0.3, -0.25) is 4.79 Å². The Balaban J connectivity index is 2.09. The smallest absolute Gasteiger partial charge is 0.234 e. The SMILES string of the molecule is Cc1nc(NC(=O)[C@@]2(C)CC2(Br)Br)sc1C. The van der Waals surface area contributed by atoms with Gasteiger partial charge in [0.1, 0.15) is 0 Å². The number of halogens is 2. The van der Waals surface area contributed by atoms with E-state index in [2.05, 4.69) is 42.2 Å². The highest BCUT2D eigenvalue weighted by Crippen LogP contribution is 2.66.